The molecule has 0 unspecified atom stereocenters. The molecule has 8 nitrogen and oxygen atoms in total. The molecule has 0 amide bonds. The van der Waals surface area contributed by atoms with Gasteiger partial charge in [-0.25, -0.2) is 4.39 Å². The van der Waals surface area contributed by atoms with Gasteiger partial charge in [-0.1, -0.05) is 0 Å². The van der Waals surface area contributed by atoms with E-state index in [-0.39, 0.29) is 40.9 Å². The smallest absolute Gasteiger partial charge is 0.233 e. The van der Waals surface area contributed by atoms with Gasteiger partial charge in [-0.15, -0.1) is 15.3 Å². The van der Waals surface area contributed by atoms with E-state index in [4.69, 9.17) is 4.74 Å². The van der Waals surface area contributed by atoms with Crippen LogP contribution in [0.5, 0.6) is 11.6 Å². The largest absolute Gasteiger partial charge is 0.507 e. The number of nitrogens with zero attached hydrogens (tertiary/aromatic N) is 5. The monoisotopic (exact) mass is 468 g/mol. The lowest BCUT2D eigenvalue weighted by atomic mass is 10.0. The Labute approximate surface area is 196 Å². The molecule has 2 aromatic heterocycles. The zero-order valence-corrected chi connectivity index (χ0v) is 18.8. The van der Waals surface area contributed by atoms with E-state index < -0.39 is 5.82 Å². The van der Waals surface area contributed by atoms with Crippen LogP contribution in [-0.4, -0.2) is 65.0 Å². The summed E-state index contributed by atoms with van der Waals surface area (Å²) in [5.74, 6) is 0.299. The standard InChI is InChI=1S/C24H26F2N6O2/c1-34-23-8-15(11-28-31-23)17-10-21(33)18(9-19(17)26)20-2-3-22(30-29-20)32-7-4-16(12-32)27-14-24(13-25)5-6-24/h2-3,8-11,16,27,33H,4-7,12-14H2,1H3/t16-/m0/s1. The molecule has 5 rings (SSSR count). The van der Waals surface area contributed by atoms with Crippen LogP contribution < -0.4 is 15.0 Å². The number of alkyl halides is 1. The fraction of sp³-hybridized carbons (Fsp3) is 0.417. The SMILES string of the molecule is COc1cc(-c2cc(O)c(-c3ccc(N4CC[C@H](NCC5(CF)CC5)C4)nn3)cc2F)cnn1. The van der Waals surface area contributed by atoms with Crippen molar-refractivity contribution in [3.63, 3.8) is 0 Å². The zero-order valence-electron chi connectivity index (χ0n) is 18.8. The van der Waals surface area contributed by atoms with Crippen LogP contribution in [-0.2, 0) is 0 Å². The molecule has 2 N–H and O–H groups in total. The molecular weight excluding hydrogens is 442 g/mol. The predicted octanol–water partition coefficient (Wildman–Crippen LogP) is 3.37. The highest BCUT2D eigenvalue weighted by Gasteiger charge is 2.43. The summed E-state index contributed by atoms with van der Waals surface area (Å²) in [5, 5.41) is 30.2. The summed E-state index contributed by atoms with van der Waals surface area (Å²) >= 11 is 0. The molecule has 1 aliphatic carbocycles. The molecule has 0 radical (unpaired) electrons. The second-order valence-electron chi connectivity index (χ2n) is 9.06. The third-order valence-corrected chi connectivity index (χ3v) is 6.68. The molecule has 0 bridgehead atoms. The molecule has 1 saturated heterocycles. The van der Waals surface area contributed by atoms with Crippen molar-refractivity contribution in [2.75, 3.05) is 38.3 Å². The highest BCUT2D eigenvalue weighted by Crippen LogP contribution is 2.45. The van der Waals surface area contributed by atoms with E-state index >= 15 is 0 Å². The molecule has 3 heterocycles. The van der Waals surface area contributed by atoms with E-state index in [1.54, 1.807) is 12.1 Å². The van der Waals surface area contributed by atoms with E-state index in [9.17, 15) is 13.9 Å². The quantitative estimate of drug-likeness (QED) is 0.520. The number of anilines is 1. The maximum Gasteiger partial charge on any atom is 0.233 e. The molecule has 0 spiro atoms. The number of nitrogens with one attached hydrogen (secondary N) is 1. The average Bonchev–Trinajstić information content (AvgIpc) is 3.51. The number of hydrogen-bond donors (Lipinski definition) is 2. The Bertz CT molecular complexity index is 1170. The molecular formula is C24H26F2N6O2. The maximum atomic E-state index is 14.9. The van der Waals surface area contributed by atoms with Gasteiger partial charge in [0.1, 0.15) is 11.6 Å². The van der Waals surface area contributed by atoms with Crippen LogP contribution in [0.2, 0.25) is 0 Å². The van der Waals surface area contributed by atoms with Gasteiger partial charge in [-0.2, -0.15) is 5.10 Å². The fourth-order valence-corrected chi connectivity index (χ4v) is 4.25. The Morgan fingerprint density at radius 3 is 2.74 bits per heavy atom. The number of aromatic nitrogens is 4. The average molecular weight is 469 g/mol. The highest BCUT2D eigenvalue weighted by atomic mass is 19.1. The van der Waals surface area contributed by atoms with Crippen molar-refractivity contribution in [1.82, 2.24) is 25.7 Å². The summed E-state index contributed by atoms with van der Waals surface area (Å²) in [4.78, 5) is 2.12. The lowest BCUT2D eigenvalue weighted by Gasteiger charge is -2.19. The summed E-state index contributed by atoms with van der Waals surface area (Å²) in [6, 6.07) is 7.93. The van der Waals surface area contributed by atoms with E-state index in [0.29, 0.717) is 17.1 Å². The van der Waals surface area contributed by atoms with Crippen LogP contribution in [0.15, 0.2) is 36.5 Å². The molecule has 1 aliphatic heterocycles. The van der Waals surface area contributed by atoms with Crippen molar-refractivity contribution in [2.45, 2.75) is 25.3 Å². The third-order valence-electron chi connectivity index (χ3n) is 6.68. The van der Waals surface area contributed by atoms with E-state index in [1.807, 2.05) is 6.07 Å². The topological polar surface area (TPSA) is 96.3 Å². The van der Waals surface area contributed by atoms with Crippen molar-refractivity contribution < 1.29 is 18.6 Å². The number of ether oxygens (including phenoxy) is 1. The molecule has 178 valence electrons. The zero-order chi connectivity index (χ0) is 23.7. The lowest BCUT2D eigenvalue weighted by molar-refractivity contribution is 0.317. The number of aromatic hydroxyl groups is 1. The number of hydrogen-bond acceptors (Lipinski definition) is 8. The Kier molecular flexibility index (Phi) is 5.99. The van der Waals surface area contributed by atoms with Crippen LogP contribution in [0.25, 0.3) is 22.4 Å². The van der Waals surface area contributed by atoms with Gasteiger partial charge in [-0.3, -0.25) is 4.39 Å². The fourth-order valence-electron chi connectivity index (χ4n) is 4.25. The lowest BCUT2D eigenvalue weighted by Crippen LogP contribution is -2.37. The predicted molar refractivity (Wildman–Crippen MR) is 123 cm³/mol. The van der Waals surface area contributed by atoms with Gasteiger partial charge in [0.25, 0.3) is 0 Å². The minimum Gasteiger partial charge on any atom is -0.507 e. The third kappa shape index (κ3) is 4.50. The van der Waals surface area contributed by atoms with Crippen molar-refractivity contribution in [3.05, 3.63) is 42.3 Å². The second-order valence-corrected chi connectivity index (χ2v) is 9.06. The first-order chi connectivity index (χ1) is 16.5. The maximum absolute atomic E-state index is 14.9. The molecule has 3 aromatic rings. The van der Waals surface area contributed by atoms with Crippen LogP contribution in [0, 0.1) is 11.2 Å². The number of methoxy groups -OCH3 is 1. The van der Waals surface area contributed by atoms with Crippen LogP contribution >= 0.6 is 0 Å². The normalized spacial score (nSPS) is 18.8. The highest BCUT2D eigenvalue weighted by molar-refractivity contribution is 5.75. The van der Waals surface area contributed by atoms with Gasteiger partial charge in [0.15, 0.2) is 5.82 Å². The first-order valence-electron chi connectivity index (χ1n) is 11.3. The van der Waals surface area contributed by atoms with E-state index in [1.165, 1.54) is 25.4 Å². The summed E-state index contributed by atoms with van der Waals surface area (Å²) < 4.78 is 33.0. The number of phenols is 1. The molecule has 1 saturated carbocycles. The Morgan fingerprint density at radius 2 is 2.03 bits per heavy atom. The van der Waals surface area contributed by atoms with E-state index in [0.717, 1.165) is 38.9 Å². The first kappa shape index (κ1) is 22.4. The number of rotatable bonds is 8. The summed E-state index contributed by atoms with van der Waals surface area (Å²) in [6.07, 6.45) is 4.27. The molecule has 2 aliphatic rings. The minimum absolute atomic E-state index is 0.124. The van der Waals surface area contributed by atoms with E-state index in [2.05, 4.69) is 30.6 Å². The number of halogens is 2. The van der Waals surface area contributed by atoms with Gasteiger partial charge in [0, 0.05) is 53.8 Å². The summed E-state index contributed by atoms with van der Waals surface area (Å²) in [7, 11) is 1.45. The Balaban J connectivity index is 1.28. The Hall–Kier alpha value is -3.40. The van der Waals surface area contributed by atoms with Crippen molar-refractivity contribution >= 4 is 5.82 Å². The molecule has 2 fully saturated rings. The molecule has 1 atom stereocenters. The molecule has 34 heavy (non-hydrogen) atoms. The van der Waals surface area contributed by atoms with Crippen LogP contribution in [0.1, 0.15) is 19.3 Å². The van der Waals surface area contributed by atoms with Crippen molar-refractivity contribution in [2.24, 2.45) is 5.41 Å². The number of phenolic OH excluding ortho intramolecular Hbond substituents is 1. The van der Waals surface area contributed by atoms with Crippen molar-refractivity contribution in [1.29, 1.82) is 0 Å². The van der Waals surface area contributed by atoms with Crippen molar-refractivity contribution in [3.8, 4) is 34.0 Å². The molecule has 10 heteroatoms. The Morgan fingerprint density at radius 1 is 1.18 bits per heavy atom. The van der Waals surface area contributed by atoms with Gasteiger partial charge in [0.05, 0.1) is 25.7 Å². The first-order valence-corrected chi connectivity index (χ1v) is 11.3. The minimum atomic E-state index is -0.538. The van der Waals surface area contributed by atoms with Gasteiger partial charge >= 0.3 is 0 Å². The van der Waals surface area contributed by atoms with Crippen LogP contribution in [0.4, 0.5) is 14.6 Å². The van der Waals surface area contributed by atoms with Gasteiger partial charge in [0.2, 0.25) is 5.88 Å². The van der Waals surface area contributed by atoms with Gasteiger partial charge < -0.3 is 20.1 Å². The molecule has 1 aromatic carbocycles. The van der Waals surface area contributed by atoms with Crippen LogP contribution in [0.3, 0.4) is 0 Å². The number of benzene rings is 1. The summed E-state index contributed by atoms with van der Waals surface area (Å²) in [6.45, 7) is 2.06. The second kappa shape index (κ2) is 9.09. The summed E-state index contributed by atoms with van der Waals surface area (Å²) in [5.41, 5.74) is 1.09. The van der Waals surface area contributed by atoms with Gasteiger partial charge in [-0.05, 0) is 43.5 Å².